The lowest BCUT2D eigenvalue weighted by Crippen LogP contribution is -2.23. The van der Waals surface area contributed by atoms with Crippen LogP contribution in [0.2, 0.25) is 0 Å². The summed E-state index contributed by atoms with van der Waals surface area (Å²) in [7, 11) is 3.32. The van der Waals surface area contributed by atoms with E-state index in [0.29, 0.717) is 6.04 Å². The summed E-state index contributed by atoms with van der Waals surface area (Å²) in [6, 6.07) is 8.47. The van der Waals surface area contributed by atoms with E-state index in [-0.39, 0.29) is 0 Å². The van der Waals surface area contributed by atoms with Crippen molar-refractivity contribution in [2.24, 2.45) is 0 Å². The lowest BCUT2D eigenvalue weighted by Gasteiger charge is -2.23. The highest BCUT2D eigenvalue weighted by Crippen LogP contribution is 2.34. The second kappa shape index (κ2) is 6.40. The minimum atomic E-state index is 0.338. The number of benzene rings is 1. The lowest BCUT2D eigenvalue weighted by atomic mass is 10.1. The average molecular weight is 302 g/mol. The molecule has 0 amide bonds. The van der Waals surface area contributed by atoms with Gasteiger partial charge in [0.1, 0.15) is 11.5 Å². The molecule has 0 spiro atoms. The molecule has 1 aromatic heterocycles. The van der Waals surface area contributed by atoms with Gasteiger partial charge in [-0.25, -0.2) is 0 Å². The van der Waals surface area contributed by atoms with Gasteiger partial charge >= 0.3 is 0 Å². The molecule has 0 unspecified atom stereocenters. The fraction of sp³-hybridized carbons (Fsp3) is 0.471. The molecule has 22 heavy (non-hydrogen) atoms. The zero-order chi connectivity index (χ0) is 15.5. The summed E-state index contributed by atoms with van der Waals surface area (Å²) in [6.07, 6.45) is 2.31. The standard InChI is InChI=1S/C17H22N2O3/c1-12-9-14(18-22-12)15-5-4-8-19(15)11-13-6-7-16(20-2)17(10-13)21-3/h6-7,9-10,15H,4-5,8,11H2,1-3H3/t15-/m0/s1. The van der Waals surface area contributed by atoms with E-state index >= 15 is 0 Å². The van der Waals surface area contributed by atoms with Crippen LogP contribution in [0.25, 0.3) is 0 Å². The first-order valence-corrected chi connectivity index (χ1v) is 7.59. The molecule has 1 aromatic carbocycles. The van der Waals surface area contributed by atoms with Crippen molar-refractivity contribution in [2.75, 3.05) is 20.8 Å². The molecule has 0 N–H and O–H groups in total. The molecule has 1 aliphatic rings. The van der Waals surface area contributed by atoms with Crippen LogP contribution < -0.4 is 9.47 Å². The monoisotopic (exact) mass is 302 g/mol. The maximum atomic E-state index is 5.39. The van der Waals surface area contributed by atoms with E-state index < -0.39 is 0 Å². The molecule has 2 aromatic rings. The second-order valence-electron chi connectivity index (χ2n) is 5.68. The largest absolute Gasteiger partial charge is 0.493 e. The van der Waals surface area contributed by atoms with Gasteiger partial charge in [0.25, 0.3) is 0 Å². The van der Waals surface area contributed by atoms with Gasteiger partial charge in [-0.3, -0.25) is 4.90 Å². The Hall–Kier alpha value is -2.01. The van der Waals surface area contributed by atoms with Crippen LogP contribution in [0.4, 0.5) is 0 Å². The van der Waals surface area contributed by atoms with Crippen molar-refractivity contribution < 1.29 is 14.0 Å². The Morgan fingerprint density at radius 3 is 2.73 bits per heavy atom. The number of rotatable bonds is 5. The molecule has 3 rings (SSSR count). The van der Waals surface area contributed by atoms with Crippen LogP contribution in [0.3, 0.4) is 0 Å². The molecule has 2 heterocycles. The van der Waals surface area contributed by atoms with E-state index in [4.69, 9.17) is 14.0 Å². The molecule has 0 bridgehead atoms. The Morgan fingerprint density at radius 2 is 2.05 bits per heavy atom. The number of aryl methyl sites for hydroxylation is 1. The van der Waals surface area contributed by atoms with Gasteiger partial charge in [0.15, 0.2) is 11.5 Å². The zero-order valence-electron chi connectivity index (χ0n) is 13.3. The van der Waals surface area contributed by atoms with Crippen LogP contribution in [0.15, 0.2) is 28.8 Å². The molecule has 0 aliphatic carbocycles. The van der Waals surface area contributed by atoms with Gasteiger partial charge in [-0.2, -0.15) is 0 Å². The third-order valence-electron chi connectivity index (χ3n) is 4.18. The molecule has 1 aliphatic heterocycles. The van der Waals surface area contributed by atoms with E-state index in [1.165, 1.54) is 12.0 Å². The maximum absolute atomic E-state index is 5.39. The molecule has 1 fully saturated rings. The van der Waals surface area contributed by atoms with Gasteiger partial charge in [0.2, 0.25) is 0 Å². The molecular formula is C17H22N2O3. The van der Waals surface area contributed by atoms with Crippen molar-refractivity contribution in [3.63, 3.8) is 0 Å². The molecule has 1 atom stereocenters. The fourth-order valence-corrected chi connectivity index (χ4v) is 3.11. The fourth-order valence-electron chi connectivity index (χ4n) is 3.11. The highest BCUT2D eigenvalue weighted by molar-refractivity contribution is 5.42. The molecule has 1 saturated heterocycles. The Bertz CT molecular complexity index is 639. The van der Waals surface area contributed by atoms with Crippen molar-refractivity contribution in [1.82, 2.24) is 10.1 Å². The third kappa shape index (κ3) is 2.95. The van der Waals surface area contributed by atoms with Crippen molar-refractivity contribution in [3.05, 3.63) is 41.3 Å². The maximum Gasteiger partial charge on any atom is 0.161 e. The lowest BCUT2D eigenvalue weighted by molar-refractivity contribution is 0.236. The topological polar surface area (TPSA) is 47.7 Å². The Kier molecular flexibility index (Phi) is 4.34. The van der Waals surface area contributed by atoms with Gasteiger partial charge < -0.3 is 14.0 Å². The summed E-state index contributed by atoms with van der Waals surface area (Å²) in [5.74, 6) is 2.40. The highest BCUT2D eigenvalue weighted by Gasteiger charge is 2.28. The summed E-state index contributed by atoms with van der Waals surface area (Å²) in [5, 5.41) is 4.19. The second-order valence-corrected chi connectivity index (χ2v) is 5.68. The van der Waals surface area contributed by atoms with E-state index in [2.05, 4.69) is 16.1 Å². The Balaban J connectivity index is 1.77. The quantitative estimate of drug-likeness (QED) is 0.848. The van der Waals surface area contributed by atoms with E-state index in [0.717, 1.165) is 42.5 Å². The van der Waals surface area contributed by atoms with E-state index in [1.54, 1.807) is 14.2 Å². The van der Waals surface area contributed by atoms with E-state index in [9.17, 15) is 0 Å². The number of nitrogens with zero attached hydrogens (tertiary/aromatic N) is 2. The van der Waals surface area contributed by atoms with Crippen molar-refractivity contribution >= 4 is 0 Å². The normalized spacial score (nSPS) is 18.6. The summed E-state index contributed by atoms with van der Waals surface area (Å²) < 4.78 is 15.9. The Morgan fingerprint density at radius 1 is 1.23 bits per heavy atom. The minimum absolute atomic E-state index is 0.338. The predicted octanol–water partition coefficient (Wildman–Crippen LogP) is 3.34. The van der Waals surface area contributed by atoms with Gasteiger partial charge in [-0.05, 0) is 44.0 Å². The highest BCUT2D eigenvalue weighted by atomic mass is 16.5. The number of aromatic nitrogens is 1. The molecule has 0 radical (unpaired) electrons. The first kappa shape index (κ1) is 14.9. The summed E-state index contributed by atoms with van der Waals surface area (Å²) in [5.41, 5.74) is 2.25. The minimum Gasteiger partial charge on any atom is -0.493 e. The number of methoxy groups -OCH3 is 2. The van der Waals surface area contributed by atoms with Crippen LogP contribution in [-0.2, 0) is 6.54 Å². The van der Waals surface area contributed by atoms with Crippen LogP contribution in [0.1, 0.15) is 35.9 Å². The number of hydrogen-bond donors (Lipinski definition) is 0. The van der Waals surface area contributed by atoms with Crippen molar-refractivity contribution in [3.8, 4) is 11.5 Å². The van der Waals surface area contributed by atoms with Gasteiger partial charge in [-0.1, -0.05) is 11.2 Å². The van der Waals surface area contributed by atoms with Crippen LogP contribution in [-0.4, -0.2) is 30.8 Å². The van der Waals surface area contributed by atoms with Gasteiger partial charge in [-0.15, -0.1) is 0 Å². The zero-order valence-corrected chi connectivity index (χ0v) is 13.3. The third-order valence-corrected chi connectivity index (χ3v) is 4.18. The molecular weight excluding hydrogens is 280 g/mol. The summed E-state index contributed by atoms with van der Waals surface area (Å²) in [6.45, 7) is 3.88. The Labute approximate surface area is 130 Å². The first-order chi connectivity index (χ1) is 10.7. The van der Waals surface area contributed by atoms with Crippen LogP contribution >= 0.6 is 0 Å². The molecule has 118 valence electrons. The molecule has 0 saturated carbocycles. The van der Waals surface area contributed by atoms with Crippen molar-refractivity contribution in [1.29, 1.82) is 0 Å². The summed E-state index contributed by atoms with van der Waals surface area (Å²) in [4.78, 5) is 2.44. The van der Waals surface area contributed by atoms with Crippen LogP contribution in [0, 0.1) is 6.92 Å². The number of likely N-dealkylation sites (tertiary alicyclic amines) is 1. The van der Waals surface area contributed by atoms with Crippen molar-refractivity contribution in [2.45, 2.75) is 32.4 Å². The SMILES string of the molecule is COc1ccc(CN2CCC[C@H]2c2cc(C)on2)cc1OC. The number of hydrogen-bond acceptors (Lipinski definition) is 5. The van der Waals surface area contributed by atoms with Gasteiger partial charge in [0, 0.05) is 12.6 Å². The first-order valence-electron chi connectivity index (χ1n) is 7.59. The predicted molar refractivity (Wildman–Crippen MR) is 83.2 cm³/mol. The summed E-state index contributed by atoms with van der Waals surface area (Å²) >= 11 is 0. The van der Waals surface area contributed by atoms with Gasteiger partial charge in [0.05, 0.1) is 20.3 Å². The average Bonchev–Trinajstić information content (AvgIpc) is 3.15. The molecule has 5 heteroatoms. The van der Waals surface area contributed by atoms with E-state index in [1.807, 2.05) is 25.1 Å². The smallest absolute Gasteiger partial charge is 0.161 e. The molecule has 5 nitrogen and oxygen atoms in total. The number of ether oxygens (including phenoxy) is 2. The van der Waals surface area contributed by atoms with Crippen LogP contribution in [0.5, 0.6) is 11.5 Å².